The summed E-state index contributed by atoms with van der Waals surface area (Å²) < 4.78 is 13.0. The van der Waals surface area contributed by atoms with E-state index in [4.69, 9.17) is 9.26 Å². The van der Waals surface area contributed by atoms with Crippen LogP contribution in [0.4, 0.5) is 0 Å². The molecule has 3 aromatic rings. The Morgan fingerprint density at radius 3 is 2.81 bits per heavy atom. The fourth-order valence-electron chi connectivity index (χ4n) is 2.70. The predicted octanol–water partition coefficient (Wildman–Crippen LogP) is 3.33. The van der Waals surface area contributed by atoms with Gasteiger partial charge in [-0.25, -0.2) is 0 Å². The van der Waals surface area contributed by atoms with E-state index in [2.05, 4.69) is 15.6 Å². The van der Waals surface area contributed by atoms with Crippen molar-refractivity contribution in [1.82, 2.24) is 20.3 Å². The number of hydrogen-bond donors (Lipinski definition) is 1. The first kappa shape index (κ1) is 18.7. The maximum absolute atomic E-state index is 12.5. The third kappa shape index (κ3) is 4.19. The molecule has 2 heterocycles. The smallest absolute Gasteiger partial charge is 0.274 e. The number of hydrogen-bond acceptors (Lipinski definition) is 5. The molecule has 3 rings (SSSR count). The van der Waals surface area contributed by atoms with Gasteiger partial charge in [0.1, 0.15) is 18.1 Å². The first-order valence-electron chi connectivity index (χ1n) is 8.94. The average Bonchev–Trinajstić information content (AvgIpc) is 3.27. The second kappa shape index (κ2) is 8.07. The number of aryl methyl sites for hydroxylation is 3. The fraction of sp³-hybridized carbons (Fsp3) is 0.350. The lowest BCUT2D eigenvalue weighted by atomic mass is 10.1. The molecule has 0 atom stereocenters. The van der Waals surface area contributed by atoms with Crippen LogP contribution in [0.5, 0.6) is 5.75 Å². The second-order valence-corrected chi connectivity index (χ2v) is 6.40. The Labute approximate surface area is 158 Å². The van der Waals surface area contributed by atoms with Gasteiger partial charge < -0.3 is 14.6 Å². The van der Waals surface area contributed by atoms with Crippen molar-refractivity contribution in [1.29, 1.82) is 0 Å². The van der Waals surface area contributed by atoms with Crippen LogP contribution in [0.25, 0.3) is 0 Å². The summed E-state index contributed by atoms with van der Waals surface area (Å²) in [4.78, 5) is 12.5. The molecule has 0 fully saturated rings. The standard InChI is InChI=1S/C20H24N4O3/c1-5-24-10-9-16(22-24)11-21-20(25)19-17(15(4)27-23-19)12-26-18-8-6-7-13(2)14(18)3/h6-10H,5,11-12H2,1-4H3,(H,21,25). The van der Waals surface area contributed by atoms with E-state index in [0.29, 0.717) is 17.9 Å². The molecular formula is C20H24N4O3. The molecule has 2 aromatic heterocycles. The van der Waals surface area contributed by atoms with Gasteiger partial charge in [0.05, 0.1) is 17.8 Å². The van der Waals surface area contributed by atoms with Crippen LogP contribution < -0.4 is 10.1 Å². The summed E-state index contributed by atoms with van der Waals surface area (Å²) in [5.74, 6) is 1.05. The van der Waals surface area contributed by atoms with Crippen molar-refractivity contribution in [3.05, 3.63) is 64.3 Å². The number of rotatable bonds is 7. The van der Waals surface area contributed by atoms with Crippen LogP contribution in [0.2, 0.25) is 0 Å². The highest BCUT2D eigenvalue weighted by Crippen LogP contribution is 2.23. The summed E-state index contributed by atoms with van der Waals surface area (Å²) in [6.45, 7) is 9.15. The van der Waals surface area contributed by atoms with Crippen molar-refractivity contribution < 1.29 is 14.1 Å². The van der Waals surface area contributed by atoms with Gasteiger partial charge >= 0.3 is 0 Å². The predicted molar refractivity (Wildman–Crippen MR) is 101 cm³/mol. The minimum atomic E-state index is -0.308. The third-order valence-electron chi connectivity index (χ3n) is 4.58. The van der Waals surface area contributed by atoms with E-state index < -0.39 is 0 Å². The quantitative estimate of drug-likeness (QED) is 0.692. The molecule has 0 aliphatic carbocycles. The molecule has 0 aliphatic rings. The van der Waals surface area contributed by atoms with Crippen LogP contribution in [-0.4, -0.2) is 20.8 Å². The Morgan fingerprint density at radius 2 is 2.07 bits per heavy atom. The van der Waals surface area contributed by atoms with E-state index in [1.54, 1.807) is 6.92 Å². The molecule has 0 spiro atoms. The topological polar surface area (TPSA) is 82.2 Å². The zero-order valence-electron chi connectivity index (χ0n) is 16.1. The monoisotopic (exact) mass is 368 g/mol. The van der Waals surface area contributed by atoms with Crippen LogP contribution >= 0.6 is 0 Å². The van der Waals surface area contributed by atoms with Gasteiger partial charge in [-0.15, -0.1) is 0 Å². The Bertz CT molecular complexity index is 943. The molecule has 0 saturated heterocycles. The highest BCUT2D eigenvalue weighted by atomic mass is 16.5. The Hall–Kier alpha value is -3.09. The lowest BCUT2D eigenvalue weighted by Crippen LogP contribution is -2.25. The number of benzene rings is 1. The van der Waals surface area contributed by atoms with E-state index in [1.165, 1.54) is 0 Å². The minimum absolute atomic E-state index is 0.215. The number of nitrogens with zero attached hydrogens (tertiary/aromatic N) is 3. The second-order valence-electron chi connectivity index (χ2n) is 6.40. The van der Waals surface area contributed by atoms with Crippen molar-refractivity contribution in [2.75, 3.05) is 0 Å². The van der Waals surface area contributed by atoms with Gasteiger partial charge in [0.25, 0.3) is 5.91 Å². The largest absolute Gasteiger partial charge is 0.488 e. The van der Waals surface area contributed by atoms with Crippen LogP contribution in [0, 0.1) is 20.8 Å². The van der Waals surface area contributed by atoms with Crippen molar-refractivity contribution in [3.63, 3.8) is 0 Å². The fourth-order valence-corrected chi connectivity index (χ4v) is 2.70. The number of carbonyl (C=O) groups is 1. The van der Waals surface area contributed by atoms with Gasteiger partial charge in [-0.2, -0.15) is 5.10 Å². The summed E-state index contributed by atoms with van der Waals surface area (Å²) in [5, 5.41) is 11.1. The molecule has 0 unspecified atom stereocenters. The van der Waals surface area contributed by atoms with Crippen molar-refractivity contribution in [2.24, 2.45) is 0 Å². The number of carbonyl (C=O) groups excluding carboxylic acids is 1. The minimum Gasteiger partial charge on any atom is -0.488 e. The van der Waals surface area contributed by atoms with Crippen LogP contribution in [0.1, 0.15) is 45.6 Å². The van der Waals surface area contributed by atoms with E-state index >= 15 is 0 Å². The SMILES string of the molecule is CCn1ccc(CNC(=O)c2noc(C)c2COc2cccc(C)c2C)n1. The molecule has 1 aromatic carbocycles. The van der Waals surface area contributed by atoms with E-state index in [1.807, 2.05) is 55.9 Å². The number of nitrogens with one attached hydrogen (secondary N) is 1. The summed E-state index contributed by atoms with van der Waals surface area (Å²) in [6.07, 6.45) is 1.88. The molecule has 1 amide bonds. The van der Waals surface area contributed by atoms with Crippen LogP contribution in [-0.2, 0) is 19.7 Å². The van der Waals surface area contributed by atoms with Gasteiger partial charge in [0.15, 0.2) is 5.69 Å². The van der Waals surface area contributed by atoms with Gasteiger partial charge in [0.2, 0.25) is 0 Å². The van der Waals surface area contributed by atoms with Crippen molar-refractivity contribution >= 4 is 5.91 Å². The summed E-state index contributed by atoms with van der Waals surface area (Å²) in [7, 11) is 0. The average molecular weight is 368 g/mol. The Morgan fingerprint density at radius 1 is 1.26 bits per heavy atom. The molecule has 7 nitrogen and oxygen atoms in total. The molecule has 0 bridgehead atoms. The maximum atomic E-state index is 12.5. The number of amides is 1. The molecular weight excluding hydrogens is 344 g/mol. The Kier molecular flexibility index (Phi) is 5.59. The van der Waals surface area contributed by atoms with Gasteiger partial charge in [-0.1, -0.05) is 17.3 Å². The van der Waals surface area contributed by atoms with E-state index in [9.17, 15) is 4.79 Å². The third-order valence-corrected chi connectivity index (χ3v) is 4.58. The number of ether oxygens (including phenoxy) is 1. The molecule has 0 aliphatic heterocycles. The zero-order chi connectivity index (χ0) is 19.4. The highest BCUT2D eigenvalue weighted by Gasteiger charge is 2.20. The maximum Gasteiger partial charge on any atom is 0.274 e. The molecule has 142 valence electrons. The highest BCUT2D eigenvalue weighted by molar-refractivity contribution is 5.93. The molecule has 7 heteroatoms. The van der Waals surface area contributed by atoms with Gasteiger partial charge in [0, 0.05) is 12.7 Å². The molecule has 0 radical (unpaired) electrons. The first-order chi connectivity index (χ1) is 13.0. The van der Waals surface area contributed by atoms with E-state index in [0.717, 1.165) is 29.1 Å². The van der Waals surface area contributed by atoms with Gasteiger partial charge in [-0.3, -0.25) is 9.48 Å². The van der Waals surface area contributed by atoms with Crippen LogP contribution in [0.15, 0.2) is 35.0 Å². The normalized spacial score (nSPS) is 10.8. The molecule has 27 heavy (non-hydrogen) atoms. The lowest BCUT2D eigenvalue weighted by Gasteiger charge is -2.11. The van der Waals surface area contributed by atoms with E-state index in [-0.39, 0.29) is 18.2 Å². The summed E-state index contributed by atoms with van der Waals surface area (Å²) in [5.41, 5.74) is 3.90. The zero-order valence-corrected chi connectivity index (χ0v) is 16.1. The van der Waals surface area contributed by atoms with Crippen LogP contribution in [0.3, 0.4) is 0 Å². The summed E-state index contributed by atoms with van der Waals surface area (Å²) in [6, 6.07) is 7.77. The first-order valence-corrected chi connectivity index (χ1v) is 8.94. The lowest BCUT2D eigenvalue weighted by molar-refractivity contribution is 0.0939. The summed E-state index contributed by atoms with van der Waals surface area (Å²) >= 11 is 0. The Balaban J connectivity index is 1.68. The number of aromatic nitrogens is 3. The van der Waals surface area contributed by atoms with Crippen molar-refractivity contribution in [3.8, 4) is 5.75 Å². The molecule has 1 N–H and O–H groups in total. The molecule has 0 saturated carbocycles. The van der Waals surface area contributed by atoms with Gasteiger partial charge in [-0.05, 0) is 51.0 Å². The van der Waals surface area contributed by atoms with Crippen molar-refractivity contribution in [2.45, 2.75) is 47.4 Å².